The van der Waals surface area contributed by atoms with E-state index in [1.807, 2.05) is 24.3 Å². The Balaban J connectivity index is 1.30. The van der Waals surface area contributed by atoms with Crippen LogP contribution >= 0.6 is 0 Å². The van der Waals surface area contributed by atoms with E-state index in [2.05, 4.69) is 52.3 Å². The summed E-state index contributed by atoms with van der Waals surface area (Å²) in [6.45, 7) is 5.54. The molecule has 6 nitrogen and oxygen atoms in total. The molecule has 0 radical (unpaired) electrons. The van der Waals surface area contributed by atoms with Crippen molar-refractivity contribution in [2.45, 2.75) is 31.8 Å². The highest BCUT2D eigenvalue weighted by molar-refractivity contribution is 5.64. The Morgan fingerprint density at radius 3 is 2.19 bits per heavy atom. The van der Waals surface area contributed by atoms with Gasteiger partial charge in [-0.3, -0.25) is 4.90 Å². The monoisotopic (exact) mass is 488 g/mol. The van der Waals surface area contributed by atoms with E-state index in [9.17, 15) is 0 Å². The maximum absolute atomic E-state index is 6.18. The zero-order chi connectivity index (χ0) is 24.7. The first-order valence-corrected chi connectivity index (χ1v) is 12.9. The van der Waals surface area contributed by atoms with E-state index < -0.39 is 0 Å². The van der Waals surface area contributed by atoms with Gasteiger partial charge in [0, 0.05) is 19.2 Å². The van der Waals surface area contributed by atoms with E-state index >= 15 is 0 Å². The van der Waals surface area contributed by atoms with E-state index in [-0.39, 0.29) is 6.04 Å². The van der Waals surface area contributed by atoms with Crippen LogP contribution in [0.1, 0.15) is 24.0 Å². The molecular formula is C30H36N2O4. The summed E-state index contributed by atoms with van der Waals surface area (Å²) in [7, 11) is 3.40. The first-order valence-electron chi connectivity index (χ1n) is 12.9. The minimum Gasteiger partial charge on any atom is -0.497 e. The molecule has 0 saturated carbocycles. The fourth-order valence-electron chi connectivity index (χ4n) is 5.05. The molecule has 1 saturated heterocycles. The molecule has 1 fully saturated rings. The number of fused-ring (bicyclic) bond motifs is 1. The minimum absolute atomic E-state index is 0.189. The molecular weight excluding hydrogens is 452 g/mol. The normalized spacial score (nSPS) is 17.4. The van der Waals surface area contributed by atoms with Gasteiger partial charge in [0.2, 0.25) is 0 Å². The van der Waals surface area contributed by atoms with Crippen molar-refractivity contribution in [1.29, 1.82) is 0 Å². The summed E-state index contributed by atoms with van der Waals surface area (Å²) in [6, 6.07) is 23.0. The van der Waals surface area contributed by atoms with Gasteiger partial charge in [-0.25, -0.2) is 0 Å². The van der Waals surface area contributed by atoms with Gasteiger partial charge in [0.15, 0.2) is 0 Å². The minimum atomic E-state index is 0.189. The van der Waals surface area contributed by atoms with Crippen LogP contribution in [0.4, 0.5) is 5.69 Å². The molecule has 0 bridgehead atoms. The standard InChI is InChI=1S/C30H36N2O4/c1-33-26-9-5-23(6-10-26)19-25-22-36-30-14-13-28(34-2)20-29(30)32(25)21-24-7-11-27(12-8-24)35-18-17-31-15-3-4-16-31/h5-14,20,25H,3-4,15-19,21-22H2,1-2H3/t25-/m0/s1. The number of ether oxygens (including phenoxy) is 4. The van der Waals surface area contributed by atoms with Gasteiger partial charge in [-0.2, -0.15) is 0 Å². The Labute approximate surface area is 214 Å². The maximum atomic E-state index is 6.18. The first kappa shape index (κ1) is 24.3. The molecule has 1 atom stereocenters. The van der Waals surface area contributed by atoms with Crippen LogP contribution in [0.15, 0.2) is 66.7 Å². The Hall–Kier alpha value is -3.38. The van der Waals surface area contributed by atoms with Crippen LogP contribution in [0, 0.1) is 0 Å². The van der Waals surface area contributed by atoms with Crippen LogP contribution in [0.5, 0.6) is 23.0 Å². The zero-order valence-corrected chi connectivity index (χ0v) is 21.3. The van der Waals surface area contributed by atoms with Crippen molar-refractivity contribution in [2.24, 2.45) is 0 Å². The van der Waals surface area contributed by atoms with Gasteiger partial charge in [-0.15, -0.1) is 0 Å². The third-order valence-electron chi connectivity index (χ3n) is 7.13. The lowest BCUT2D eigenvalue weighted by Gasteiger charge is -2.39. The quantitative estimate of drug-likeness (QED) is 0.391. The molecule has 6 heteroatoms. The topological polar surface area (TPSA) is 43.4 Å². The molecule has 0 amide bonds. The number of likely N-dealkylation sites (tertiary alicyclic amines) is 1. The summed E-state index contributed by atoms with van der Waals surface area (Å²) in [5.41, 5.74) is 3.55. The fraction of sp³-hybridized carbons (Fsp3) is 0.400. The van der Waals surface area contributed by atoms with Crippen LogP contribution in [0.3, 0.4) is 0 Å². The Kier molecular flexibility index (Phi) is 7.82. The first-order chi connectivity index (χ1) is 17.7. The highest BCUT2D eigenvalue weighted by Gasteiger charge is 2.28. The summed E-state index contributed by atoms with van der Waals surface area (Å²) in [5, 5.41) is 0. The smallest absolute Gasteiger partial charge is 0.143 e. The number of benzene rings is 3. The molecule has 0 N–H and O–H groups in total. The lowest BCUT2D eigenvalue weighted by Crippen LogP contribution is -2.44. The van der Waals surface area contributed by atoms with Crippen molar-refractivity contribution in [3.8, 4) is 23.0 Å². The van der Waals surface area contributed by atoms with Crippen LogP contribution in [-0.2, 0) is 13.0 Å². The highest BCUT2D eigenvalue weighted by Crippen LogP contribution is 2.38. The molecule has 5 rings (SSSR count). The Morgan fingerprint density at radius 1 is 0.806 bits per heavy atom. The molecule has 3 aromatic rings. The number of nitrogens with zero attached hydrogens (tertiary/aromatic N) is 2. The van der Waals surface area contributed by atoms with Crippen molar-refractivity contribution < 1.29 is 18.9 Å². The summed E-state index contributed by atoms with van der Waals surface area (Å²) in [6.07, 6.45) is 3.49. The zero-order valence-electron chi connectivity index (χ0n) is 21.3. The predicted octanol–water partition coefficient (Wildman–Crippen LogP) is 5.19. The molecule has 0 aliphatic carbocycles. The van der Waals surface area contributed by atoms with Gasteiger partial charge in [0.25, 0.3) is 0 Å². The van der Waals surface area contributed by atoms with Crippen molar-refractivity contribution >= 4 is 5.69 Å². The van der Waals surface area contributed by atoms with Gasteiger partial charge in [0.1, 0.15) is 36.2 Å². The van der Waals surface area contributed by atoms with Gasteiger partial charge in [-0.1, -0.05) is 24.3 Å². The lowest BCUT2D eigenvalue weighted by molar-refractivity contribution is 0.237. The van der Waals surface area contributed by atoms with Crippen molar-refractivity contribution in [2.75, 3.05) is 52.0 Å². The molecule has 36 heavy (non-hydrogen) atoms. The van der Waals surface area contributed by atoms with E-state index in [0.29, 0.717) is 6.61 Å². The second kappa shape index (κ2) is 11.6. The van der Waals surface area contributed by atoms with Crippen molar-refractivity contribution in [3.63, 3.8) is 0 Å². The summed E-state index contributed by atoms with van der Waals surface area (Å²) >= 11 is 0. The molecule has 2 heterocycles. The second-order valence-corrected chi connectivity index (χ2v) is 9.52. The molecule has 2 aliphatic rings. The third-order valence-corrected chi connectivity index (χ3v) is 7.13. The van der Waals surface area contributed by atoms with E-state index in [1.54, 1.807) is 14.2 Å². The van der Waals surface area contributed by atoms with E-state index in [4.69, 9.17) is 18.9 Å². The average molecular weight is 489 g/mol. The summed E-state index contributed by atoms with van der Waals surface area (Å²) in [4.78, 5) is 4.91. The van der Waals surface area contributed by atoms with Gasteiger partial charge in [-0.05, 0) is 79.9 Å². The average Bonchev–Trinajstić information content (AvgIpc) is 3.44. The Morgan fingerprint density at radius 2 is 1.47 bits per heavy atom. The molecule has 190 valence electrons. The lowest BCUT2D eigenvalue weighted by atomic mass is 10.0. The number of hydrogen-bond acceptors (Lipinski definition) is 6. The number of methoxy groups -OCH3 is 2. The van der Waals surface area contributed by atoms with Crippen LogP contribution in [0.2, 0.25) is 0 Å². The fourth-order valence-corrected chi connectivity index (χ4v) is 5.05. The largest absolute Gasteiger partial charge is 0.497 e. The van der Waals surface area contributed by atoms with Gasteiger partial charge < -0.3 is 23.8 Å². The third kappa shape index (κ3) is 5.88. The van der Waals surface area contributed by atoms with Crippen molar-refractivity contribution in [1.82, 2.24) is 4.90 Å². The summed E-state index contributed by atoms with van der Waals surface area (Å²) < 4.78 is 23.1. The maximum Gasteiger partial charge on any atom is 0.143 e. The molecule has 2 aliphatic heterocycles. The second-order valence-electron chi connectivity index (χ2n) is 9.52. The molecule has 0 unspecified atom stereocenters. The highest BCUT2D eigenvalue weighted by atomic mass is 16.5. The molecule has 3 aromatic carbocycles. The van der Waals surface area contributed by atoms with Crippen LogP contribution < -0.4 is 23.8 Å². The predicted molar refractivity (Wildman–Crippen MR) is 143 cm³/mol. The van der Waals surface area contributed by atoms with Crippen LogP contribution in [0.25, 0.3) is 0 Å². The number of anilines is 1. The van der Waals surface area contributed by atoms with Gasteiger partial charge in [0.05, 0.1) is 25.9 Å². The van der Waals surface area contributed by atoms with Crippen molar-refractivity contribution in [3.05, 3.63) is 77.9 Å². The number of hydrogen-bond donors (Lipinski definition) is 0. The Bertz CT molecular complexity index is 1110. The van der Waals surface area contributed by atoms with E-state index in [1.165, 1.54) is 37.1 Å². The number of rotatable bonds is 10. The SMILES string of the molecule is COc1ccc(C[C@H]2COc3ccc(OC)cc3N2Cc2ccc(OCCN3CCCC3)cc2)cc1. The van der Waals surface area contributed by atoms with Gasteiger partial charge >= 0.3 is 0 Å². The summed E-state index contributed by atoms with van der Waals surface area (Å²) in [5.74, 6) is 3.52. The molecule has 0 aromatic heterocycles. The van der Waals surface area contributed by atoms with E-state index in [0.717, 1.165) is 54.8 Å². The molecule has 0 spiro atoms. The van der Waals surface area contributed by atoms with Crippen LogP contribution in [-0.4, -0.2) is 58.0 Å².